The van der Waals surface area contributed by atoms with Crippen LogP contribution in [0.25, 0.3) is 5.69 Å². The second-order valence-corrected chi connectivity index (χ2v) is 5.65. The Hall–Kier alpha value is -3.03. The molecular weight excluding hydrogens is 294 g/mol. The van der Waals surface area contributed by atoms with Crippen molar-refractivity contribution in [2.24, 2.45) is 5.92 Å². The van der Waals surface area contributed by atoms with E-state index in [1.807, 2.05) is 16.9 Å². The fraction of sp³-hybridized carbons (Fsp3) is 0.267. The predicted molar refractivity (Wildman–Crippen MR) is 82.1 cm³/mol. The molecule has 0 aliphatic heterocycles. The molecule has 0 saturated heterocycles. The van der Waals surface area contributed by atoms with Crippen LogP contribution < -0.4 is 5.32 Å². The number of aromatic nitrogens is 6. The zero-order valence-electron chi connectivity index (χ0n) is 12.3. The van der Waals surface area contributed by atoms with Gasteiger partial charge in [0.25, 0.3) is 5.91 Å². The van der Waals surface area contributed by atoms with Crippen LogP contribution in [-0.2, 0) is 6.54 Å². The first kappa shape index (κ1) is 13.6. The first-order chi connectivity index (χ1) is 11.3. The van der Waals surface area contributed by atoms with E-state index in [0.717, 1.165) is 18.2 Å². The summed E-state index contributed by atoms with van der Waals surface area (Å²) in [7, 11) is 0. The van der Waals surface area contributed by atoms with Gasteiger partial charge in [0.15, 0.2) is 0 Å². The van der Waals surface area contributed by atoms with E-state index in [2.05, 4.69) is 25.9 Å². The Balaban J connectivity index is 1.48. The van der Waals surface area contributed by atoms with Gasteiger partial charge in [0.1, 0.15) is 6.33 Å². The Morgan fingerprint density at radius 3 is 3.04 bits per heavy atom. The molecule has 8 nitrogen and oxygen atoms in total. The van der Waals surface area contributed by atoms with Crippen LogP contribution >= 0.6 is 0 Å². The summed E-state index contributed by atoms with van der Waals surface area (Å²) in [6.07, 6.45) is 7.56. The molecule has 23 heavy (non-hydrogen) atoms. The van der Waals surface area contributed by atoms with Gasteiger partial charge in [-0.05, 0) is 47.4 Å². The number of amides is 1. The lowest BCUT2D eigenvalue weighted by molar-refractivity contribution is 0.102. The lowest BCUT2D eigenvalue weighted by atomic mass is 10.2. The van der Waals surface area contributed by atoms with Gasteiger partial charge in [-0.15, -0.1) is 5.10 Å². The first-order valence-electron chi connectivity index (χ1n) is 7.45. The molecule has 4 rings (SSSR count). The molecule has 1 fully saturated rings. The van der Waals surface area contributed by atoms with Crippen molar-refractivity contribution in [1.82, 2.24) is 30.0 Å². The van der Waals surface area contributed by atoms with E-state index < -0.39 is 0 Å². The summed E-state index contributed by atoms with van der Waals surface area (Å²) in [4.78, 5) is 12.4. The number of carbonyl (C=O) groups is 1. The van der Waals surface area contributed by atoms with E-state index in [1.165, 1.54) is 23.9 Å². The van der Waals surface area contributed by atoms with Gasteiger partial charge in [-0.25, -0.2) is 4.68 Å². The van der Waals surface area contributed by atoms with E-state index in [-0.39, 0.29) is 5.91 Å². The molecule has 1 saturated carbocycles. The molecule has 1 aromatic carbocycles. The second-order valence-electron chi connectivity index (χ2n) is 5.65. The zero-order valence-corrected chi connectivity index (χ0v) is 12.3. The molecule has 3 aromatic rings. The highest BCUT2D eigenvalue weighted by Crippen LogP contribution is 2.30. The summed E-state index contributed by atoms with van der Waals surface area (Å²) >= 11 is 0. The maximum Gasteiger partial charge on any atom is 0.255 e. The third-order valence-corrected chi connectivity index (χ3v) is 3.76. The van der Waals surface area contributed by atoms with Crippen LogP contribution in [0.1, 0.15) is 23.2 Å². The maximum atomic E-state index is 12.4. The number of nitrogens with zero attached hydrogens (tertiary/aromatic N) is 6. The number of tetrazole rings is 1. The highest BCUT2D eigenvalue weighted by molar-refractivity contribution is 6.04. The summed E-state index contributed by atoms with van der Waals surface area (Å²) in [5.41, 5.74) is 1.96. The Kier molecular flexibility index (Phi) is 3.34. The summed E-state index contributed by atoms with van der Waals surface area (Å²) < 4.78 is 3.38. The Morgan fingerprint density at radius 2 is 2.26 bits per heavy atom. The number of anilines is 1. The third-order valence-electron chi connectivity index (χ3n) is 3.76. The van der Waals surface area contributed by atoms with Gasteiger partial charge < -0.3 is 5.32 Å². The van der Waals surface area contributed by atoms with Gasteiger partial charge >= 0.3 is 0 Å². The van der Waals surface area contributed by atoms with E-state index in [4.69, 9.17) is 0 Å². The average molecular weight is 309 g/mol. The predicted octanol–water partition coefficient (Wildman–Crippen LogP) is 1.52. The summed E-state index contributed by atoms with van der Waals surface area (Å²) in [6, 6.07) is 7.11. The Morgan fingerprint density at radius 1 is 1.35 bits per heavy atom. The van der Waals surface area contributed by atoms with E-state index in [0.29, 0.717) is 11.3 Å². The molecular formula is C15H15N7O. The number of benzene rings is 1. The van der Waals surface area contributed by atoms with Crippen LogP contribution in [0.4, 0.5) is 5.69 Å². The number of nitrogens with one attached hydrogen (secondary N) is 1. The maximum absolute atomic E-state index is 12.4. The Bertz CT molecular complexity index is 820. The molecule has 1 amide bonds. The van der Waals surface area contributed by atoms with Crippen molar-refractivity contribution >= 4 is 11.6 Å². The minimum atomic E-state index is -0.189. The molecule has 1 N–H and O–H groups in total. The smallest absolute Gasteiger partial charge is 0.255 e. The van der Waals surface area contributed by atoms with Gasteiger partial charge in [-0.2, -0.15) is 5.10 Å². The van der Waals surface area contributed by atoms with Gasteiger partial charge in [0.05, 0.1) is 17.6 Å². The monoisotopic (exact) mass is 309 g/mol. The largest absolute Gasteiger partial charge is 0.319 e. The molecule has 2 heterocycles. The first-order valence-corrected chi connectivity index (χ1v) is 7.45. The average Bonchev–Trinajstić information content (AvgIpc) is 3.03. The van der Waals surface area contributed by atoms with Gasteiger partial charge in [0, 0.05) is 18.3 Å². The third kappa shape index (κ3) is 3.10. The number of hydrogen-bond donors (Lipinski definition) is 1. The lowest BCUT2D eigenvalue weighted by Crippen LogP contribution is -2.12. The molecule has 0 unspecified atom stereocenters. The van der Waals surface area contributed by atoms with E-state index >= 15 is 0 Å². The highest BCUT2D eigenvalue weighted by Gasteiger charge is 2.22. The number of rotatable bonds is 5. The summed E-state index contributed by atoms with van der Waals surface area (Å²) in [5.74, 6) is 0.553. The molecule has 1 aliphatic carbocycles. The number of hydrogen-bond acceptors (Lipinski definition) is 5. The van der Waals surface area contributed by atoms with Gasteiger partial charge in [-0.1, -0.05) is 6.07 Å². The molecule has 0 spiro atoms. The second kappa shape index (κ2) is 5.64. The zero-order chi connectivity index (χ0) is 15.6. The Labute approximate surface area is 132 Å². The molecule has 0 atom stereocenters. The number of carbonyl (C=O) groups excluding carboxylic acids is 1. The molecule has 1 aliphatic rings. The van der Waals surface area contributed by atoms with Crippen molar-refractivity contribution in [2.75, 3.05) is 5.32 Å². The minimum Gasteiger partial charge on any atom is -0.319 e. The molecule has 0 bridgehead atoms. The topological polar surface area (TPSA) is 90.5 Å². The summed E-state index contributed by atoms with van der Waals surface area (Å²) in [6.45, 7) is 0.921. The van der Waals surface area contributed by atoms with Gasteiger partial charge in [-0.3, -0.25) is 9.48 Å². The van der Waals surface area contributed by atoms with E-state index in [9.17, 15) is 4.79 Å². The van der Waals surface area contributed by atoms with Crippen molar-refractivity contribution in [2.45, 2.75) is 19.4 Å². The quantitative estimate of drug-likeness (QED) is 0.771. The lowest BCUT2D eigenvalue weighted by Gasteiger charge is -2.05. The normalized spacial score (nSPS) is 13.9. The van der Waals surface area contributed by atoms with Crippen LogP contribution in [0.3, 0.4) is 0 Å². The fourth-order valence-electron chi connectivity index (χ4n) is 2.37. The minimum absolute atomic E-state index is 0.189. The van der Waals surface area contributed by atoms with Crippen molar-refractivity contribution in [1.29, 1.82) is 0 Å². The molecule has 116 valence electrons. The van der Waals surface area contributed by atoms with Crippen LogP contribution in [0.2, 0.25) is 0 Å². The fourth-order valence-corrected chi connectivity index (χ4v) is 2.37. The highest BCUT2D eigenvalue weighted by atomic mass is 16.1. The van der Waals surface area contributed by atoms with E-state index in [1.54, 1.807) is 24.4 Å². The van der Waals surface area contributed by atoms with Crippen molar-refractivity contribution in [3.05, 3.63) is 48.5 Å². The van der Waals surface area contributed by atoms with Crippen molar-refractivity contribution in [3.8, 4) is 5.69 Å². The standard InChI is InChI=1S/C15H15N7O/c23-15(18-13-7-17-21(9-13)8-11-4-5-11)12-2-1-3-14(6-12)22-10-16-19-20-22/h1-3,6-7,9-11H,4-5,8H2,(H,18,23). The summed E-state index contributed by atoms with van der Waals surface area (Å²) in [5, 5.41) is 18.1. The van der Waals surface area contributed by atoms with Gasteiger partial charge in [0.2, 0.25) is 0 Å². The molecule has 0 radical (unpaired) electrons. The van der Waals surface area contributed by atoms with Crippen LogP contribution in [0, 0.1) is 5.92 Å². The van der Waals surface area contributed by atoms with Crippen molar-refractivity contribution < 1.29 is 4.79 Å². The van der Waals surface area contributed by atoms with Crippen LogP contribution in [0.5, 0.6) is 0 Å². The molecule has 2 aromatic heterocycles. The molecule has 8 heteroatoms. The van der Waals surface area contributed by atoms with Crippen LogP contribution in [0.15, 0.2) is 43.0 Å². The van der Waals surface area contributed by atoms with Crippen LogP contribution in [-0.4, -0.2) is 35.9 Å². The SMILES string of the molecule is O=C(Nc1cnn(CC2CC2)c1)c1cccc(-n2cnnn2)c1. The van der Waals surface area contributed by atoms with Crippen molar-refractivity contribution in [3.63, 3.8) is 0 Å².